The predicted molar refractivity (Wildman–Crippen MR) is 130 cm³/mol. The van der Waals surface area contributed by atoms with Crippen LogP contribution in [-0.4, -0.2) is 17.4 Å². The highest BCUT2D eigenvalue weighted by molar-refractivity contribution is 7.90. The van der Waals surface area contributed by atoms with E-state index in [9.17, 15) is 8.42 Å². The van der Waals surface area contributed by atoms with Gasteiger partial charge in [-0.1, -0.05) is 54.1 Å². The van der Waals surface area contributed by atoms with Crippen molar-refractivity contribution in [3.63, 3.8) is 0 Å². The summed E-state index contributed by atoms with van der Waals surface area (Å²) < 4.78 is 40.2. The third-order valence-corrected chi connectivity index (χ3v) is 7.87. The number of nitrogens with zero attached hydrogens (tertiary/aromatic N) is 2. The van der Waals surface area contributed by atoms with E-state index < -0.39 is 16.3 Å². The van der Waals surface area contributed by atoms with Gasteiger partial charge < -0.3 is 9.47 Å². The van der Waals surface area contributed by atoms with Crippen molar-refractivity contribution in [2.75, 3.05) is 0 Å². The number of pyridine rings is 1. The van der Waals surface area contributed by atoms with Gasteiger partial charge in [-0.2, -0.15) is 0 Å². The average molecular weight is 471 g/mol. The number of aromatic nitrogens is 2. The minimum absolute atomic E-state index is 0.184. The molecule has 3 heterocycles. The summed E-state index contributed by atoms with van der Waals surface area (Å²) in [4.78, 5) is 5.00. The quantitative estimate of drug-likeness (QED) is 0.340. The van der Waals surface area contributed by atoms with Gasteiger partial charge in [0.05, 0.1) is 29.1 Å². The van der Waals surface area contributed by atoms with Crippen LogP contribution in [0.15, 0.2) is 90.0 Å². The van der Waals surface area contributed by atoms with Crippen molar-refractivity contribution in [1.29, 1.82) is 0 Å². The van der Waals surface area contributed by atoms with E-state index in [0.717, 1.165) is 38.7 Å². The lowest BCUT2D eigenvalue weighted by molar-refractivity contribution is -0.147. The lowest BCUT2D eigenvalue weighted by Crippen LogP contribution is -2.13. The molecule has 6 nitrogen and oxygen atoms in total. The van der Waals surface area contributed by atoms with Crippen molar-refractivity contribution in [3.8, 4) is 0 Å². The second kappa shape index (κ2) is 8.06. The number of benzene rings is 3. The average Bonchev–Trinajstić information content (AvgIpc) is 3.46. The SMILES string of the molecule is Cc1ccc(S(=O)(=O)n2ccc3cccc(COC4OCc5cc6ccccc6nc54)c32)cc1. The molecule has 3 aromatic carbocycles. The molecule has 0 amide bonds. The van der Waals surface area contributed by atoms with Gasteiger partial charge in [0.25, 0.3) is 10.0 Å². The molecule has 0 saturated carbocycles. The molecule has 1 unspecified atom stereocenters. The van der Waals surface area contributed by atoms with Gasteiger partial charge in [0, 0.05) is 28.1 Å². The minimum atomic E-state index is -3.75. The van der Waals surface area contributed by atoms with Gasteiger partial charge in [-0.25, -0.2) is 17.4 Å². The molecule has 5 aromatic rings. The summed E-state index contributed by atoms with van der Waals surface area (Å²) in [5.74, 6) is 0. The Morgan fingerprint density at radius 1 is 1.00 bits per heavy atom. The van der Waals surface area contributed by atoms with Gasteiger partial charge in [-0.05, 0) is 37.3 Å². The summed E-state index contributed by atoms with van der Waals surface area (Å²) in [7, 11) is -3.75. The van der Waals surface area contributed by atoms with E-state index >= 15 is 0 Å². The number of fused-ring (bicyclic) bond motifs is 3. The zero-order valence-electron chi connectivity index (χ0n) is 18.5. The first-order valence-electron chi connectivity index (χ1n) is 11.0. The number of ether oxygens (including phenoxy) is 2. The maximum absolute atomic E-state index is 13.4. The summed E-state index contributed by atoms with van der Waals surface area (Å²) >= 11 is 0. The normalized spacial score (nSPS) is 15.7. The van der Waals surface area contributed by atoms with E-state index in [0.29, 0.717) is 12.1 Å². The largest absolute Gasteiger partial charge is 0.342 e. The summed E-state index contributed by atoms with van der Waals surface area (Å²) in [5.41, 5.74) is 5.04. The Morgan fingerprint density at radius 3 is 2.65 bits per heavy atom. The lowest BCUT2D eigenvalue weighted by atomic mass is 10.1. The topological polar surface area (TPSA) is 70.4 Å². The van der Waals surface area contributed by atoms with E-state index in [4.69, 9.17) is 14.5 Å². The summed E-state index contributed by atoms with van der Waals surface area (Å²) in [6.45, 7) is 2.54. The first kappa shape index (κ1) is 21.0. The molecule has 7 heteroatoms. The van der Waals surface area contributed by atoms with Crippen LogP contribution in [0.3, 0.4) is 0 Å². The molecule has 0 N–H and O–H groups in total. The second-order valence-electron chi connectivity index (χ2n) is 8.46. The third-order valence-electron chi connectivity index (χ3n) is 6.18. The Bertz CT molecular complexity index is 1640. The van der Waals surface area contributed by atoms with Gasteiger partial charge in [0.2, 0.25) is 6.29 Å². The van der Waals surface area contributed by atoms with Gasteiger partial charge in [0.1, 0.15) is 5.69 Å². The molecular formula is C27H22N2O4S. The fourth-order valence-corrected chi connectivity index (χ4v) is 5.80. The van der Waals surface area contributed by atoms with Crippen molar-refractivity contribution >= 4 is 31.8 Å². The molecular weight excluding hydrogens is 448 g/mol. The maximum atomic E-state index is 13.4. The van der Waals surface area contributed by atoms with Crippen LogP contribution in [0.4, 0.5) is 0 Å². The Labute approximate surface area is 197 Å². The highest BCUT2D eigenvalue weighted by Gasteiger charge is 2.27. The lowest BCUT2D eigenvalue weighted by Gasteiger charge is -2.15. The van der Waals surface area contributed by atoms with Crippen LogP contribution < -0.4 is 0 Å². The van der Waals surface area contributed by atoms with Crippen LogP contribution in [0, 0.1) is 6.92 Å². The first-order valence-corrected chi connectivity index (χ1v) is 12.5. The van der Waals surface area contributed by atoms with Gasteiger partial charge in [-0.15, -0.1) is 0 Å². The maximum Gasteiger partial charge on any atom is 0.268 e. The fourth-order valence-electron chi connectivity index (χ4n) is 4.41. The van der Waals surface area contributed by atoms with Crippen molar-refractivity contribution in [1.82, 2.24) is 8.96 Å². The molecule has 0 spiro atoms. The summed E-state index contributed by atoms with van der Waals surface area (Å²) in [6, 6.07) is 24.4. The van der Waals surface area contributed by atoms with E-state index in [2.05, 4.69) is 6.07 Å². The molecule has 0 bridgehead atoms. The summed E-state index contributed by atoms with van der Waals surface area (Å²) in [5, 5.41) is 1.89. The molecule has 0 fully saturated rings. The minimum Gasteiger partial charge on any atom is -0.342 e. The van der Waals surface area contributed by atoms with Crippen LogP contribution in [0.25, 0.3) is 21.8 Å². The highest BCUT2D eigenvalue weighted by Crippen LogP contribution is 2.34. The van der Waals surface area contributed by atoms with Crippen LogP contribution >= 0.6 is 0 Å². The standard InChI is InChI=1S/C27H22N2O4S/c1-18-9-11-23(12-10-18)34(30,31)29-14-13-19-6-4-7-21(26(19)29)16-32-27-25-22(17-33-27)15-20-5-2-3-8-24(20)28-25/h2-15,27H,16-17H2,1H3. The molecule has 1 aliphatic rings. The Morgan fingerprint density at radius 2 is 1.79 bits per heavy atom. The van der Waals surface area contributed by atoms with E-state index in [1.165, 1.54) is 3.97 Å². The number of hydrogen-bond donors (Lipinski definition) is 0. The Hall–Kier alpha value is -3.52. The van der Waals surface area contributed by atoms with Crippen molar-refractivity contribution in [2.24, 2.45) is 0 Å². The zero-order chi connectivity index (χ0) is 23.3. The fraction of sp³-hybridized carbons (Fsp3) is 0.148. The van der Waals surface area contributed by atoms with Crippen LogP contribution in [0.5, 0.6) is 0 Å². The number of aryl methyl sites for hydroxylation is 1. The molecule has 34 heavy (non-hydrogen) atoms. The molecule has 2 aromatic heterocycles. The van der Waals surface area contributed by atoms with Crippen LogP contribution in [0.1, 0.15) is 28.7 Å². The highest BCUT2D eigenvalue weighted by atomic mass is 32.2. The molecule has 170 valence electrons. The second-order valence-corrected chi connectivity index (χ2v) is 10.3. The van der Waals surface area contributed by atoms with Crippen molar-refractivity contribution < 1.29 is 17.9 Å². The van der Waals surface area contributed by atoms with E-state index in [-0.39, 0.29) is 11.5 Å². The molecule has 0 aliphatic carbocycles. The molecule has 1 aliphatic heterocycles. The number of para-hydroxylation sites is 2. The van der Waals surface area contributed by atoms with E-state index in [1.54, 1.807) is 36.5 Å². The third kappa shape index (κ3) is 3.49. The van der Waals surface area contributed by atoms with Gasteiger partial charge >= 0.3 is 0 Å². The number of rotatable bonds is 5. The number of hydrogen-bond acceptors (Lipinski definition) is 5. The van der Waals surface area contributed by atoms with Crippen molar-refractivity contribution in [3.05, 3.63) is 107 Å². The summed E-state index contributed by atoms with van der Waals surface area (Å²) in [6.07, 6.45) is 0.991. The predicted octanol–water partition coefficient (Wildman–Crippen LogP) is 5.48. The molecule has 1 atom stereocenters. The zero-order valence-corrected chi connectivity index (χ0v) is 19.3. The Kier molecular flexibility index (Phi) is 4.99. The van der Waals surface area contributed by atoms with Crippen LogP contribution in [-0.2, 0) is 32.7 Å². The monoisotopic (exact) mass is 470 g/mol. The molecule has 6 rings (SSSR count). The first-order chi connectivity index (χ1) is 16.5. The van der Waals surface area contributed by atoms with Crippen molar-refractivity contribution in [2.45, 2.75) is 31.3 Å². The van der Waals surface area contributed by atoms with Crippen LogP contribution in [0.2, 0.25) is 0 Å². The van der Waals surface area contributed by atoms with Gasteiger partial charge in [-0.3, -0.25) is 0 Å². The molecule has 0 saturated heterocycles. The Balaban J connectivity index is 1.34. The molecule has 0 radical (unpaired) electrons. The van der Waals surface area contributed by atoms with Gasteiger partial charge in [0.15, 0.2) is 0 Å². The smallest absolute Gasteiger partial charge is 0.268 e. The van der Waals surface area contributed by atoms with E-state index in [1.807, 2.05) is 49.4 Å².